The minimum atomic E-state index is -3.65. The van der Waals surface area contributed by atoms with Crippen molar-refractivity contribution in [1.29, 1.82) is 0 Å². The van der Waals surface area contributed by atoms with Gasteiger partial charge >= 0.3 is 0 Å². The monoisotopic (exact) mass is 444 g/mol. The Balaban J connectivity index is 1.92. The van der Waals surface area contributed by atoms with Gasteiger partial charge in [0.15, 0.2) is 0 Å². The van der Waals surface area contributed by atoms with Crippen molar-refractivity contribution in [2.24, 2.45) is 0 Å². The molecule has 1 aliphatic rings. The molecule has 0 saturated carbocycles. The fourth-order valence-electron chi connectivity index (χ4n) is 3.98. The first-order chi connectivity index (χ1) is 14.8. The number of sulfonamides is 1. The maximum atomic E-state index is 13.5. The Labute approximate surface area is 185 Å². The van der Waals surface area contributed by atoms with E-state index in [1.54, 1.807) is 34.5 Å². The number of nitrogens with zero attached hydrogens (tertiary/aromatic N) is 2. The van der Waals surface area contributed by atoms with Crippen LogP contribution in [0.3, 0.4) is 0 Å². The fourth-order valence-corrected chi connectivity index (χ4v) is 5.71. The van der Waals surface area contributed by atoms with Gasteiger partial charge in [-0.3, -0.25) is 4.79 Å². The minimum Gasteiger partial charge on any atom is -0.383 e. The molecule has 2 aromatic carbocycles. The third-order valence-electron chi connectivity index (χ3n) is 5.86. The first-order valence-electron chi connectivity index (χ1n) is 10.8. The van der Waals surface area contributed by atoms with Gasteiger partial charge in [-0.2, -0.15) is 4.31 Å². The molecule has 6 nitrogen and oxygen atoms in total. The zero-order chi connectivity index (χ0) is 22.4. The quantitative estimate of drug-likeness (QED) is 0.620. The number of hydrogen-bond acceptors (Lipinski definition) is 4. The zero-order valence-electron chi connectivity index (χ0n) is 18.6. The van der Waals surface area contributed by atoms with Crippen LogP contribution in [0.25, 0.3) is 0 Å². The number of rotatable bonds is 8. The van der Waals surface area contributed by atoms with Crippen LogP contribution in [0.4, 0.5) is 0 Å². The lowest BCUT2D eigenvalue weighted by Crippen LogP contribution is -2.42. The lowest BCUT2D eigenvalue weighted by molar-refractivity contribution is 0.0679. The third-order valence-corrected chi connectivity index (χ3v) is 7.87. The van der Waals surface area contributed by atoms with Crippen LogP contribution in [0, 0.1) is 6.92 Å². The predicted octanol–water partition coefficient (Wildman–Crippen LogP) is 3.85. The summed E-state index contributed by atoms with van der Waals surface area (Å²) in [5.74, 6) is -0.192. The van der Waals surface area contributed by atoms with Crippen molar-refractivity contribution < 1.29 is 17.9 Å². The fraction of sp³-hybridized carbons (Fsp3) is 0.458. The van der Waals surface area contributed by atoms with Crippen LogP contribution in [-0.2, 0) is 21.3 Å². The van der Waals surface area contributed by atoms with Gasteiger partial charge in [-0.05, 0) is 49.9 Å². The van der Waals surface area contributed by atoms with E-state index in [0.29, 0.717) is 31.8 Å². The summed E-state index contributed by atoms with van der Waals surface area (Å²) in [4.78, 5) is 15.3. The Hall–Kier alpha value is -2.22. The molecule has 7 heteroatoms. The third kappa shape index (κ3) is 5.53. The van der Waals surface area contributed by atoms with Crippen molar-refractivity contribution >= 4 is 15.9 Å². The molecule has 0 unspecified atom stereocenters. The molecule has 1 amide bonds. The molecule has 31 heavy (non-hydrogen) atoms. The number of carbonyl (C=O) groups excluding carboxylic acids is 1. The second kappa shape index (κ2) is 10.4. The topological polar surface area (TPSA) is 66.9 Å². The van der Waals surface area contributed by atoms with Gasteiger partial charge in [0.1, 0.15) is 0 Å². The molecule has 0 spiro atoms. The lowest BCUT2D eigenvalue weighted by atomic mass is 10.1. The Kier molecular flexibility index (Phi) is 7.86. The number of methoxy groups -OCH3 is 1. The smallest absolute Gasteiger partial charge is 0.254 e. The highest BCUT2D eigenvalue weighted by Gasteiger charge is 2.32. The number of aryl methyl sites for hydroxylation is 1. The average Bonchev–Trinajstić information content (AvgIpc) is 2.77. The summed E-state index contributed by atoms with van der Waals surface area (Å²) >= 11 is 0. The standard InChI is InChI=1S/C24H32N2O4S/c1-19-12-13-22(31(28,29)26-14-8-7-9-20(26)2)17-23(19)24(27)25(15-16-30-3)18-21-10-5-4-6-11-21/h4-6,10-13,17,20H,7-9,14-16,18H2,1-3H3/t20-/m1/s1. The van der Waals surface area contributed by atoms with E-state index in [1.807, 2.05) is 44.2 Å². The summed E-state index contributed by atoms with van der Waals surface area (Å²) in [6.07, 6.45) is 2.76. The summed E-state index contributed by atoms with van der Waals surface area (Å²) in [7, 11) is -2.05. The number of piperidine rings is 1. The van der Waals surface area contributed by atoms with Gasteiger partial charge < -0.3 is 9.64 Å². The molecule has 0 N–H and O–H groups in total. The van der Waals surface area contributed by atoms with Crippen LogP contribution < -0.4 is 0 Å². The van der Waals surface area contributed by atoms with E-state index >= 15 is 0 Å². The highest BCUT2D eigenvalue weighted by molar-refractivity contribution is 7.89. The molecule has 3 rings (SSSR count). The van der Waals surface area contributed by atoms with Crippen LogP contribution >= 0.6 is 0 Å². The molecule has 0 radical (unpaired) electrons. The second-order valence-electron chi connectivity index (χ2n) is 8.14. The Morgan fingerprint density at radius 3 is 2.58 bits per heavy atom. The summed E-state index contributed by atoms with van der Waals surface area (Å²) in [5, 5.41) is 0. The largest absolute Gasteiger partial charge is 0.383 e. The molecule has 1 fully saturated rings. The van der Waals surface area contributed by atoms with E-state index in [9.17, 15) is 13.2 Å². The van der Waals surface area contributed by atoms with E-state index in [1.165, 1.54) is 0 Å². The molecule has 168 valence electrons. The lowest BCUT2D eigenvalue weighted by Gasteiger charge is -2.32. The summed E-state index contributed by atoms with van der Waals surface area (Å²) in [5.41, 5.74) is 2.18. The summed E-state index contributed by atoms with van der Waals surface area (Å²) in [6.45, 7) is 5.56. The first-order valence-corrected chi connectivity index (χ1v) is 12.2. The van der Waals surface area contributed by atoms with Crippen molar-refractivity contribution in [1.82, 2.24) is 9.21 Å². The van der Waals surface area contributed by atoms with Gasteiger partial charge in [0.05, 0.1) is 11.5 Å². The number of ether oxygens (including phenoxy) is 1. The summed E-state index contributed by atoms with van der Waals surface area (Å²) < 4.78 is 33.4. The van der Waals surface area contributed by atoms with Gasteiger partial charge in [0.25, 0.3) is 5.91 Å². The maximum Gasteiger partial charge on any atom is 0.254 e. The van der Waals surface area contributed by atoms with Crippen molar-refractivity contribution in [3.05, 3.63) is 65.2 Å². The Bertz CT molecular complexity index is 992. The maximum absolute atomic E-state index is 13.5. The van der Waals surface area contributed by atoms with Crippen LogP contribution in [-0.4, -0.2) is 56.4 Å². The van der Waals surface area contributed by atoms with Gasteiger partial charge in [-0.1, -0.05) is 42.8 Å². The molecule has 0 bridgehead atoms. The second-order valence-corrected chi connectivity index (χ2v) is 10.0. The number of carbonyl (C=O) groups is 1. The molecule has 1 heterocycles. The number of hydrogen-bond donors (Lipinski definition) is 0. The molecule has 1 saturated heterocycles. The average molecular weight is 445 g/mol. The Morgan fingerprint density at radius 1 is 1.16 bits per heavy atom. The van der Waals surface area contributed by atoms with Crippen molar-refractivity contribution in [2.75, 3.05) is 26.8 Å². The Morgan fingerprint density at radius 2 is 1.90 bits per heavy atom. The van der Waals surface area contributed by atoms with Gasteiger partial charge in [0.2, 0.25) is 10.0 Å². The van der Waals surface area contributed by atoms with E-state index < -0.39 is 10.0 Å². The van der Waals surface area contributed by atoms with Crippen LogP contribution in [0.5, 0.6) is 0 Å². The molecule has 1 aliphatic heterocycles. The first kappa shape index (κ1) is 23.4. The van der Waals surface area contributed by atoms with E-state index in [0.717, 1.165) is 30.4 Å². The van der Waals surface area contributed by atoms with Gasteiger partial charge in [-0.25, -0.2) is 8.42 Å². The van der Waals surface area contributed by atoms with E-state index in [4.69, 9.17) is 4.74 Å². The molecule has 0 aliphatic carbocycles. The normalized spacial score (nSPS) is 17.5. The van der Waals surface area contributed by atoms with Crippen molar-refractivity contribution in [3.63, 3.8) is 0 Å². The van der Waals surface area contributed by atoms with E-state index in [-0.39, 0.29) is 16.8 Å². The molecule has 2 aromatic rings. The highest BCUT2D eigenvalue weighted by Crippen LogP contribution is 2.27. The summed E-state index contributed by atoms with van der Waals surface area (Å²) in [6, 6.07) is 14.6. The van der Waals surface area contributed by atoms with Crippen LogP contribution in [0.2, 0.25) is 0 Å². The van der Waals surface area contributed by atoms with Crippen molar-refractivity contribution in [2.45, 2.75) is 50.6 Å². The predicted molar refractivity (Wildman–Crippen MR) is 121 cm³/mol. The highest BCUT2D eigenvalue weighted by atomic mass is 32.2. The zero-order valence-corrected chi connectivity index (χ0v) is 19.4. The minimum absolute atomic E-state index is 0.0320. The van der Waals surface area contributed by atoms with Gasteiger partial charge in [0, 0.05) is 38.3 Å². The van der Waals surface area contributed by atoms with E-state index in [2.05, 4.69) is 0 Å². The molecular formula is C24H32N2O4S. The van der Waals surface area contributed by atoms with Gasteiger partial charge in [-0.15, -0.1) is 0 Å². The number of benzene rings is 2. The molecule has 1 atom stereocenters. The molecule has 0 aromatic heterocycles. The van der Waals surface area contributed by atoms with Crippen LogP contribution in [0.15, 0.2) is 53.4 Å². The molecular weight excluding hydrogens is 412 g/mol. The number of amides is 1. The van der Waals surface area contributed by atoms with Crippen molar-refractivity contribution in [3.8, 4) is 0 Å². The van der Waals surface area contributed by atoms with Crippen LogP contribution in [0.1, 0.15) is 47.7 Å². The SMILES string of the molecule is COCCN(Cc1ccccc1)C(=O)c1cc(S(=O)(=O)N2CCCC[C@H]2C)ccc1C.